The highest BCUT2D eigenvalue weighted by Gasteiger charge is 2.32. The van der Waals surface area contributed by atoms with Gasteiger partial charge in [-0.3, -0.25) is 0 Å². The van der Waals surface area contributed by atoms with Gasteiger partial charge in [0.05, 0.1) is 0 Å². The second-order valence-corrected chi connectivity index (χ2v) is 20.9. The molecule has 0 radical (unpaired) electrons. The second kappa shape index (κ2) is 18.1. The third kappa shape index (κ3) is 7.97. The predicted molar refractivity (Wildman–Crippen MR) is 262 cm³/mol. The minimum absolute atomic E-state index is 0.711. The topological polar surface area (TPSA) is 0 Å². The highest BCUT2D eigenvalue weighted by molar-refractivity contribution is 7.72. The van der Waals surface area contributed by atoms with Crippen molar-refractivity contribution in [2.75, 3.05) is 0 Å². The quantitative estimate of drug-likeness (QED) is 0.114. The first-order chi connectivity index (χ1) is 29.8. The van der Waals surface area contributed by atoms with Crippen molar-refractivity contribution in [2.45, 2.75) is 63.7 Å². The van der Waals surface area contributed by atoms with Gasteiger partial charge in [0.25, 0.3) is 0 Å². The summed E-state index contributed by atoms with van der Waals surface area (Å²) < 4.78 is 0. The highest BCUT2D eigenvalue weighted by Crippen LogP contribution is 2.53. The molecule has 0 unspecified atom stereocenters. The van der Waals surface area contributed by atoms with Crippen molar-refractivity contribution in [2.24, 2.45) is 0 Å². The van der Waals surface area contributed by atoms with Crippen LogP contribution >= 0.6 is 15.8 Å². The van der Waals surface area contributed by atoms with Crippen LogP contribution in [0.5, 0.6) is 0 Å². The van der Waals surface area contributed by atoms with Crippen LogP contribution in [0.25, 0.3) is 33.4 Å². The van der Waals surface area contributed by atoms with Crippen molar-refractivity contribution in [1.82, 2.24) is 0 Å². The molecule has 60 heavy (non-hydrogen) atoms. The maximum atomic E-state index is 2.64. The lowest BCUT2D eigenvalue weighted by Crippen LogP contribution is -2.18. The molecular formula is C58H52P2. The van der Waals surface area contributed by atoms with Gasteiger partial charge >= 0.3 is 0 Å². The fraction of sp³-hybridized carbons (Fsp3) is 0.172. The van der Waals surface area contributed by atoms with Crippen LogP contribution in [0.2, 0.25) is 0 Å². The van der Waals surface area contributed by atoms with Crippen molar-refractivity contribution < 1.29 is 0 Å². The Hall–Kier alpha value is -5.38. The Bertz CT molecular complexity index is 2410. The average Bonchev–Trinajstić information content (AvgIpc) is 3.33. The average molecular weight is 811 g/mol. The first-order valence-electron chi connectivity index (χ1n) is 22.0. The van der Waals surface area contributed by atoms with Crippen LogP contribution in [0.15, 0.2) is 194 Å². The molecule has 0 fully saturated rings. The van der Waals surface area contributed by atoms with Crippen molar-refractivity contribution in [3.05, 3.63) is 228 Å². The summed E-state index contributed by atoms with van der Waals surface area (Å²) in [5.74, 6) is 0. The van der Waals surface area contributed by atoms with Crippen LogP contribution in [0.3, 0.4) is 0 Å². The third-order valence-corrected chi connectivity index (χ3v) is 17.8. The zero-order valence-corrected chi connectivity index (χ0v) is 36.2. The number of aryl methyl sites for hydroxylation is 2. The van der Waals surface area contributed by atoms with E-state index in [-0.39, 0.29) is 0 Å². The highest BCUT2D eigenvalue weighted by atomic mass is 31.1. The summed E-state index contributed by atoms with van der Waals surface area (Å²) in [5.41, 5.74) is 18.1. The lowest BCUT2D eigenvalue weighted by atomic mass is 9.74. The van der Waals surface area contributed by atoms with E-state index >= 15 is 0 Å². The molecule has 0 aromatic heterocycles. The summed E-state index contributed by atoms with van der Waals surface area (Å²) in [5, 5.41) is 5.77. The Morgan fingerprint density at radius 2 is 0.600 bits per heavy atom. The van der Waals surface area contributed by atoms with Crippen molar-refractivity contribution in [1.29, 1.82) is 0 Å². The Kier molecular flexibility index (Phi) is 11.7. The molecule has 0 bridgehead atoms. The Morgan fingerprint density at radius 1 is 0.317 bits per heavy atom. The molecule has 8 aromatic carbocycles. The Morgan fingerprint density at radius 3 is 0.917 bits per heavy atom. The minimum atomic E-state index is -0.711. The third-order valence-electron chi connectivity index (χ3n) is 12.8. The van der Waals surface area contributed by atoms with E-state index in [0.29, 0.717) is 0 Å². The maximum absolute atomic E-state index is 2.64. The molecule has 2 aliphatic carbocycles. The summed E-state index contributed by atoms with van der Waals surface area (Å²) in [7, 11) is -1.42. The second-order valence-electron chi connectivity index (χ2n) is 16.5. The molecule has 0 N–H and O–H groups in total. The molecule has 2 heteroatoms. The van der Waals surface area contributed by atoms with Gasteiger partial charge in [-0.2, -0.15) is 0 Å². The smallest absolute Gasteiger partial charge is 0.00199 e. The fourth-order valence-electron chi connectivity index (χ4n) is 10.00. The van der Waals surface area contributed by atoms with E-state index < -0.39 is 15.8 Å². The summed E-state index contributed by atoms with van der Waals surface area (Å²) in [6.45, 7) is 0. The molecule has 10 rings (SSSR count). The Balaban J connectivity index is 1.33. The van der Waals surface area contributed by atoms with E-state index in [0.717, 1.165) is 38.0 Å². The number of fused-ring (bicyclic) bond motifs is 2. The summed E-state index contributed by atoms with van der Waals surface area (Å²) in [6.07, 6.45) is 11.5. The monoisotopic (exact) mass is 810 g/mol. The van der Waals surface area contributed by atoms with Gasteiger partial charge in [-0.25, -0.2) is 0 Å². The molecule has 0 atom stereocenters. The van der Waals surface area contributed by atoms with Crippen LogP contribution in [-0.2, 0) is 38.0 Å². The molecule has 0 heterocycles. The molecule has 0 aliphatic heterocycles. The zero-order chi connectivity index (χ0) is 40.1. The van der Waals surface area contributed by atoms with Crippen LogP contribution < -0.4 is 21.2 Å². The molecule has 8 aromatic rings. The summed E-state index contributed by atoms with van der Waals surface area (Å²) >= 11 is 0. The van der Waals surface area contributed by atoms with E-state index in [1.54, 1.807) is 44.5 Å². The molecule has 294 valence electrons. The van der Waals surface area contributed by atoms with Gasteiger partial charge in [0.1, 0.15) is 0 Å². The molecule has 0 saturated carbocycles. The maximum Gasteiger partial charge on any atom is 0.00199 e. The van der Waals surface area contributed by atoms with Crippen molar-refractivity contribution in [3.63, 3.8) is 0 Å². The van der Waals surface area contributed by atoms with Gasteiger partial charge < -0.3 is 0 Å². The number of hydrogen-bond donors (Lipinski definition) is 0. The van der Waals surface area contributed by atoms with E-state index in [4.69, 9.17) is 0 Å². The Labute approximate surface area is 359 Å². The standard InChI is InChI=1S/C58H52P2/c1-7-23-43(24-8-1)53-39-45-27-19-21-37-51(45)57(55(53)41-59(47-29-11-3-12-30-47)48-31-13-4-14-32-48)58-52-38-22-20-28-46(52)40-54(44-25-9-2-10-26-44)56(58)42-60(49-33-15-5-16-34-49)50-35-17-6-18-36-50/h1-18,23-26,29-36,39-40H,19-22,27-28,37-38,41-42H2. The number of benzene rings is 8. The van der Waals surface area contributed by atoms with Gasteiger partial charge in [-0.05, 0) is 155 Å². The van der Waals surface area contributed by atoms with Gasteiger partial charge in [-0.15, -0.1) is 0 Å². The normalized spacial score (nSPS) is 13.6. The van der Waals surface area contributed by atoms with Gasteiger partial charge in [0.2, 0.25) is 0 Å². The molecule has 2 aliphatic rings. The van der Waals surface area contributed by atoms with E-state index in [1.807, 2.05) is 0 Å². The lowest BCUT2D eigenvalue weighted by molar-refractivity contribution is 0.680. The number of rotatable bonds is 11. The first kappa shape index (κ1) is 38.8. The largest absolute Gasteiger partial charge is 0.0622 e. The summed E-state index contributed by atoms with van der Waals surface area (Å²) in [4.78, 5) is 0. The van der Waals surface area contributed by atoms with E-state index in [9.17, 15) is 0 Å². The first-order valence-corrected chi connectivity index (χ1v) is 25.1. The van der Waals surface area contributed by atoms with Crippen LogP contribution in [0, 0.1) is 0 Å². The van der Waals surface area contributed by atoms with Gasteiger partial charge in [0.15, 0.2) is 0 Å². The van der Waals surface area contributed by atoms with Gasteiger partial charge in [0, 0.05) is 12.3 Å². The van der Waals surface area contributed by atoms with Crippen LogP contribution in [0.4, 0.5) is 0 Å². The zero-order valence-electron chi connectivity index (χ0n) is 34.4. The minimum Gasteiger partial charge on any atom is -0.0622 e. The lowest BCUT2D eigenvalue weighted by Gasteiger charge is -2.33. The van der Waals surface area contributed by atoms with Crippen LogP contribution in [0.1, 0.15) is 59.1 Å². The molecule has 0 spiro atoms. The van der Waals surface area contributed by atoms with Crippen molar-refractivity contribution >= 4 is 37.1 Å². The predicted octanol–water partition coefficient (Wildman–Crippen LogP) is 13.7. The van der Waals surface area contributed by atoms with Crippen molar-refractivity contribution in [3.8, 4) is 33.4 Å². The fourth-order valence-corrected chi connectivity index (χ4v) is 14.7. The molecule has 0 saturated heterocycles. The van der Waals surface area contributed by atoms with Gasteiger partial charge in [-0.1, -0.05) is 194 Å². The summed E-state index contributed by atoms with van der Waals surface area (Å²) in [6, 6.07) is 73.8. The molecule has 0 nitrogen and oxygen atoms in total. The van der Waals surface area contributed by atoms with Crippen LogP contribution in [-0.4, -0.2) is 0 Å². The van der Waals surface area contributed by atoms with E-state index in [2.05, 4.69) is 194 Å². The SMILES string of the molecule is c1ccc(-c2cc3c(c(-c4c5c(cc(-c6ccccc6)c4CP(c4ccccc4)c4ccccc4)CCCC5)c2CP(c2ccccc2)c2ccccc2)CCCC3)cc1. The molecule has 0 amide bonds. The number of hydrogen-bond acceptors (Lipinski definition) is 0. The van der Waals surface area contributed by atoms with E-state index in [1.165, 1.54) is 69.2 Å². The molecular weight excluding hydrogens is 759 g/mol.